The topological polar surface area (TPSA) is 70.6 Å². The van der Waals surface area contributed by atoms with Crippen molar-refractivity contribution in [2.45, 2.75) is 47.0 Å². The Balaban J connectivity index is 1.81. The second-order valence-electron chi connectivity index (χ2n) is 9.55. The van der Waals surface area contributed by atoms with Gasteiger partial charge >= 0.3 is 0 Å². The number of carbonyl (C=O) groups excluding carboxylic acids is 1. The van der Waals surface area contributed by atoms with Crippen molar-refractivity contribution < 1.29 is 9.53 Å². The van der Waals surface area contributed by atoms with Crippen LogP contribution in [0.25, 0.3) is 10.9 Å². The van der Waals surface area contributed by atoms with Crippen LogP contribution < -0.4 is 19.9 Å². The number of benzene rings is 2. The Hall–Kier alpha value is -3.35. The molecule has 1 fully saturated rings. The molecule has 1 saturated heterocycles. The number of hydrogen-bond acceptors (Lipinski definition) is 6. The third-order valence-corrected chi connectivity index (χ3v) is 7.38. The van der Waals surface area contributed by atoms with Crippen LogP contribution in [0.4, 0.5) is 22.9 Å². The fourth-order valence-corrected chi connectivity index (χ4v) is 5.17. The zero-order valence-electron chi connectivity index (χ0n) is 21.3. The van der Waals surface area contributed by atoms with Gasteiger partial charge in [-0.15, -0.1) is 0 Å². The van der Waals surface area contributed by atoms with E-state index in [0.717, 1.165) is 40.7 Å². The van der Waals surface area contributed by atoms with Gasteiger partial charge in [0.05, 0.1) is 18.3 Å². The van der Waals surface area contributed by atoms with Gasteiger partial charge in [0, 0.05) is 49.9 Å². The molecule has 2 heterocycles. The average Bonchev–Trinajstić information content (AvgIpc) is 3.17. The van der Waals surface area contributed by atoms with Crippen molar-refractivity contribution in [3.8, 4) is 5.75 Å². The number of rotatable bonds is 7. The molecule has 0 saturated carbocycles. The molecule has 1 aliphatic heterocycles. The van der Waals surface area contributed by atoms with Crippen molar-refractivity contribution in [1.82, 2.24) is 9.97 Å². The smallest absolute Gasteiger partial charge is 0.227 e. The van der Waals surface area contributed by atoms with Gasteiger partial charge < -0.3 is 19.9 Å². The van der Waals surface area contributed by atoms with Gasteiger partial charge in [-0.2, -0.15) is 0 Å². The lowest BCUT2D eigenvalue weighted by atomic mass is 9.82. The SMILES string of the molecule is CCC1(CC)CC(=O)N(c2cc3c(Nc4ccc(C)c(N(C)C)c4C)ncnc3cc2OC)C1. The lowest BCUT2D eigenvalue weighted by Crippen LogP contribution is -2.28. The van der Waals surface area contributed by atoms with Gasteiger partial charge in [0.15, 0.2) is 0 Å². The fourth-order valence-electron chi connectivity index (χ4n) is 5.17. The summed E-state index contributed by atoms with van der Waals surface area (Å²) >= 11 is 0. The molecule has 1 N–H and O–H groups in total. The van der Waals surface area contributed by atoms with Crippen molar-refractivity contribution in [1.29, 1.82) is 0 Å². The standard InChI is InChI=1S/C27H35N5O2/c1-8-27(9-2)14-24(33)32(15-27)22-12-19-21(13-23(22)34-7)28-16-29-26(19)30-20-11-10-17(3)25(18(20)4)31(5)6/h10-13,16H,8-9,14-15H2,1-7H3,(H,28,29,30). The minimum Gasteiger partial charge on any atom is -0.494 e. The second kappa shape index (κ2) is 9.12. The van der Waals surface area contributed by atoms with Crippen molar-refractivity contribution in [3.63, 3.8) is 0 Å². The van der Waals surface area contributed by atoms with Gasteiger partial charge in [-0.05, 0) is 55.4 Å². The van der Waals surface area contributed by atoms with Crippen LogP contribution in [0.15, 0.2) is 30.6 Å². The zero-order chi connectivity index (χ0) is 24.6. The third kappa shape index (κ3) is 4.04. The van der Waals surface area contributed by atoms with E-state index in [9.17, 15) is 4.79 Å². The van der Waals surface area contributed by atoms with Crippen molar-refractivity contribution in [2.75, 3.05) is 42.9 Å². The molecule has 1 aromatic heterocycles. The number of hydrogen-bond donors (Lipinski definition) is 1. The lowest BCUT2D eigenvalue weighted by Gasteiger charge is -2.26. The van der Waals surface area contributed by atoms with Gasteiger partial charge in [0.2, 0.25) is 5.91 Å². The molecule has 34 heavy (non-hydrogen) atoms. The zero-order valence-corrected chi connectivity index (χ0v) is 21.3. The molecule has 2 aromatic carbocycles. The van der Waals surface area contributed by atoms with Crippen LogP contribution in [0.5, 0.6) is 5.75 Å². The molecule has 0 spiro atoms. The predicted octanol–water partition coefficient (Wildman–Crippen LogP) is 5.61. The first kappa shape index (κ1) is 23.8. The number of aryl methyl sites for hydroxylation is 1. The van der Waals surface area contributed by atoms with E-state index in [1.165, 1.54) is 11.3 Å². The molecule has 1 amide bonds. The van der Waals surface area contributed by atoms with Gasteiger partial charge in [-0.25, -0.2) is 9.97 Å². The highest BCUT2D eigenvalue weighted by atomic mass is 16.5. The highest BCUT2D eigenvalue weighted by molar-refractivity contribution is 6.02. The summed E-state index contributed by atoms with van der Waals surface area (Å²) in [5, 5.41) is 4.37. The summed E-state index contributed by atoms with van der Waals surface area (Å²) in [5.74, 6) is 1.49. The first-order chi connectivity index (χ1) is 16.2. The van der Waals surface area contributed by atoms with E-state index in [0.29, 0.717) is 24.5 Å². The number of fused-ring (bicyclic) bond motifs is 1. The molecule has 0 atom stereocenters. The van der Waals surface area contributed by atoms with E-state index >= 15 is 0 Å². The highest BCUT2D eigenvalue weighted by Gasteiger charge is 2.42. The molecule has 4 rings (SSSR count). The van der Waals surface area contributed by atoms with Crippen LogP contribution in [0, 0.1) is 19.3 Å². The number of methoxy groups -OCH3 is 1. The Labute approximate surface area is 202 Å². The minimum atomic E-state index is 0.00686. The largest absolute Gasteiger partial charge is 0.494 e. The first-order valence-corrected chi connectivity index (χ1v) is 11.9. The van der Waals surface area contributed by atoms with Crippen LogP contribution in [-0.2, 0) is 4.79 Å². The number of anilines is 4. The normalized spacial score (nSPS) is 15.1. The number of nitrogens with zero attached hydrogens (tertiary/aromatic N) is 4. The molecule has 0 unspecified atom stereocenters. The third-order valence-electron chi connectivity index (χ3n) is 7.38. The summed E-state index contributed by atoms with van der Waals surface area (Å²) in [6.07, 6.45) is 4.06. The minimum absolute atomic E-state index is 0.00686. The maximum absolute atomic E-state index is 13.1. The van der Waals surface area contributed by atoms with Crippen LogP contribution >= 0.6 is 0 Å². The molecule has 7 heteroatoms. The van der Waals surface area contributed by atoms with Gasteiger partial charge in [0.25, 0.3) is 0 Å². The second-order valence-corrected chi connectivity index (χ2v) is 9.55. The van der Waals surface area contributed by atoms with E-state index in [-0.39, 0.29) is 11.3 Å². The molecule has 0 radical (unpaired) electrons. The van der Waals surface area contributed by atoms with Crippen LogP contribution in [0.3, 0.4) is 0 Å². The molecule has 1 aliphatic rings. The molecule has 7 nitrogen and oxygen atoms in total. The lowest BCUT2D eigenvalue weighted by molar-refractivity contribution is -0.117. The Bertz CT molecular complexity index is 1230. The van der Waals surface area contributed by atoms with Crippen LogP contribution in [-0.4, -0.2) is 43.6 Å². The van der Waals surface area contributed by atoms with Crippen LogP contribution in [0.2, 0.25) is 0 Å². The number of amides is 1. The van der Waals surface area contributed by atoms with E-state index < -0.39 is 0 Å². The van der Waals surface area contributed by atoms with E-state index in [1.807, 2.05) is 17.0 Å². The predicted molar refractivity (Wildman–Crippen MR) is 140 cm³/mol. The number of nitrogens with one attached hydrogen (secondary N) is 1. The fraction of sp³-hybridized carbons (Fsp3) is 0.444. The van der Waals surface area contributed by atoms with Gasteiger partial charge in [-0.1, -0.05) is 19.9 Å². The van der Waals surface area contributed by atoms with E-state index in [2.05, 4.69) is 74.1 Å². The van der Waals surface area contributed by atoms with Crippen LogP contribution in [0.1, 0.15) is 44.2 Å². The van der Waals surface area contributed by atoms with Crippen molar-refractivity contribution >= 4 is 39.7 Å². The van der Waals surface area contributed by atoms with E-state index in [4.69, 9.17) is 4.74 Å². The summed E-state index contributed by atoms with van der Waals surface area (Å²) in [6, 6.07) is 8.08. The maximum Gasteiger partial charge on any atom is 0.227 e. The summed E-state index contributed by atoms with van der Waals surface area (Å²) in [6.45, 7) is 9.25. The van der Waals surface area contributed by atoms with Gasteiger partial charge in [-0.3, -0.25) is 4.79 Å². The number of carbonyl (C=O) groups is 1. The molecule has 3 aromatic rings. The molecular formula is C27H35N5O2. The molecule has 0 bridgehead atoms. The monoisotopic (exact) mass is 461 g/mol. The summed E-state index contributed by atoms with van der Waals surface area (Å²) < 4.78 is 5.70. The first-order valence-electron chi connectivity index (χ1n) is 11.9. The highest BCUT2D eigenvalue weighted by Crippen LogP contribution is 2.44. The Morgan fingerprint density at radius 3 is 2.50 bits per heavy atom. The summed E-state index contributed by atoms with van der Waals surface area (Å²) in [7, 11) is 5.74. The quantitative estimate of drug-likeness (QED) is 0.493. The Morgan fingerprint density at radius 2 is 1.88 bits per heavy atom. The number of aromatic nitrogens is 2. The summed E-state index contributed by atoms with van der Waals surface area (Å²) in [5.41, 5.74) is 6.08. The molecule has 0 aliphatic carbocycles. The Morgan fingerprint density at radius 1 is 1.15 bits per heavy atom. The molecule has 180 valence electrons. The van der Waals surface area contributed by atoms with Crippen molar-refractivity contribution in [2.24, 2.45) is 5.41 Å². The summed E-state index contributed by atoms with van der Waals surface area (Å²) in [4.78, 5) is 26.1. The van der Waals surface area contributed by atoms with Crippen molar-refractivity contribution in [3.05, 3.63) is 41.7 Å². The average molecular weight is 462 g/mol. The van der Waals surface area contributed by atoms with Gasteiger partial charge in [0.1, 0.15) is 17.9 Å². The number of ether oxygens (including phenoxy) is 1. The Kier molecular flexibility index (Phi) is 6.39. The molecular weight excluding hydrogens is 426 g/mol. The van der Waals surface area contributed by atoms with E-state index in [1.54, 1.807) is 13.4 Å². The maximum atomic E-state index is 13.1.